The Morgan fingerprint density at radius 2 is 1.87 bits per heavy atom. The molecule has 0 spiro atoms. The summed E-state index contributed by atoms with van der Waals surface area (Å²) in [5, 5.41) is 12.3. The average Bonchev–Trinajstić information content (AvgIpc) is 3.34. The maximum Gasteiger partial charge on any atom is 0.379 e. The van der Waals surface area contributed by atoms with E-state index in [-0.39, 0.29) is 28.9 Å². The number of carbonyl (C=O) groups is 2. The lowest BCUT2D eigenvalue weighted by atomic mass is 10.1. The Kier molecular flexibility index (Phi) is 6.86. The van der Waals surface area contributed by atoms with Gasteiger partial charge in [0.05, 0.1) is 19.4 Å². The van der Waals surface area contributed by atoms with E-state index >= 15 is 0 Å². The van der Waals surface area contributed by atoms with Crippen LogP contribution in [0.5, 0.6) is 11.5 Å². The van der Waals surface area contributed by atoms with Crippen molar-refractivity contribution in [2.75, 3.05) is 7.11 Å². The summed E-state index contributed by atoms with van der Waals surface area (Å²) < 4.78 is 15.6. The van der Waals surface area contributed by atoms with Crippen molar-refractivity contribution in [3.8, 4) is 17.6 Å². The van der Waals surface area contributed by atoms with Crippen molar-refractivity contribution in [3.05, 3.63) is 89.4 Å². The summed E-state index contributed by atoms with van der Waals surface area (Å²) in [5.74, 6) is -0.655. The van der Waals surface area contributed by atoms with Gasteiger partial charge in [-0.15, -0.1) is 0 Å². The zero-order valence-electron chi connectivity index (χ0n) is 17.0. The smallest absolute Gasteiger partial charge is 0.379 e. The molecule has 0 aliphatic heterocycles. The number of esters is 1. The van der Waals surface area contributed by atoms with Gasteiger partial charge in [-0.05, 0) is 48.4 Å². The van der Waals surface area contributed by atoms with Crippen LogP contribution in [-0.4, -0.2) is 19.0 Å². The number of methoxy groups -OCH3 is 1. The zero-order valence-corrected chi connectivity index (χ0v) is 17.0. The highest BCUT2D eigenvalue weighted by molar-refractivity contribution is 6.02. The molecule has 156 valence electrons. The molecule has 0 saturated heterocycles. The van der Waals surface area contributed by atoms with Crippen LogP contribution >= 0.6 is 0 Å². The fourth-order valence-electron chi connectivity index (χ4n) is 2.82. The number of hydrogen-bond acceptors (Lipinski definition) is 6. The summed E-state index contributed by atoms with van der Waals surface area (Å²) in [5.41, 5.74) is 1.40. The van der Waals surface area contributed by atoms with E-state index in [4.69, 9.17) is 13.9 Å². The normalized spacial score (nSPS) is 11.8. The maximum atomic E-state index is 12.5. The van der Waals surface area contributed by atoms with Crippen LogP contribution < -0.4 is 14.8 Å². The standard InChI is InChI=1S/C24H20N2O5/c1-16(18-7-4-3-5-8-18)26-23(27)19(15-25)13-17-10-11-20(22(14-17)29-2)31-24(28)21-9-6-12-30-21/h3-14,16H,1-2H3,(H,26,27)/b19-13+/t16-/m1/s1. The fourth-order valence-corrected chi connectivity index (χ4v) is 2.82. The molecule has 1 atom stereocenters. The minimum atomic E-state index is -0.668. The van der Waals surface area contributed by atoms with Gasteiger partial charge in [0, 0.05) is 0 Å². The monoisotopic (exact) mass is 416 g/mol. The Bertz CT molecular complexity index is 1130. The molecule has 0 aliphatic rings. The zero-order chi connectivity index (χ0) is 22.2. The first-order valence-electron chi connectivity index (χ1n) is 9.43. The Hall–Kier alpha value is -4.31. The SMILES string of the molecule is COc1cc(/C=C(\C#N)C(=O)N[C@H](C)c2ccccc2)ccc1OC(=O)c1ccco1. The Labute approximate surface area is 179 Å². The number of benzene rings is 2. The summed E-state index contributed by atoms with van der Waals surface area (Å²) in [6.07, 6.45) is 2.81. The van der Waals surface area contributed by atoms with Crippen LogP contribution in [0.15, 0.2) is 76.9 Å². The van der Waals surface area contributed by atoms with Crippen molar-refractivity contribution in [2.45, 2.75) is 13.0 Å². The fraction of sp³-hybridized carbons (Fsp3) is 0.125. The molecule has 1 amide bonds. The summed E-state index contributed by atoms with van der Waals surface area (Å²) in [6.45, 7) is 1.84. The van der Waals surface area contributed by atoms with E-state index in [2.05, 4.69) is 5.32 Å². The first kappa shape index (κ1) is 21.4. The number of hydrogen-bond donors (Lipinski definition) is 1. The van der Waals surface area contributed by atoms with E-state index in [0.29, 0.717) is 5.56 Å². The van der Waals surface area contributed by atoms with Gasteiger partial charge in [-0.2, -0.15) is 5.26 Å². The number of furan rings is 1. The molecule has 0 aliphatic carbocycles. The number of nitriles is 1. The molecule has 0 bridgehead atoms. The molecule has 0 radical (unpaired) electrons. The molecule has 7 heteroatoms. The van der Waals surface area contributed by atoms with Gasteiger partial charge in [-0.3, -0.25) is 4.79 Å². The third kappa shape index (κ3) is 5.40. The molecule has 2 aromatic carbocycles. The molecule has 0 unspecified atom stereocenters. The van der Waals surface area contributed by atoms with Crippen molar-refractivity contribution < 1.29 is 23.5 Å². The molecule has 31 heavy (non-hydrogen) atoms. The van der Waals surface area contributed by atoms with Crippen LogP contribution in [0.4, 0.5) is 0 Å². The molecular weight excluding hydrogens is 396 g/mol. The predicted octanol–water partition coefficient (Wildman–Crippen LogP) is 4.29. The number of amides is 1. The van der Waals surface area contributed by atoms with Crippen LogP contribution in [0.3, 0.4) is 0 Å². The quantitative estimate of drug-likeness (QED) is 0.267. The summed E-state index contributed by atoms with van der Waals surface area (Å²) >= 11 is 0. The molecule has 0 fully saturated rings. The Balaban J connectivity index is 1.76. The number of ether oxygens (including phenoxy) is 2. The molecular formula is C24H20N2O5. The van der Waals surface area contributed by atoms with Crippen LogP contribution in [0, 0.1) is 11.3 Å². The number of nitrogens with one attached hydrogen (secondary N) is 1. The summed E-state index contributed by atoms with van der Waals surface area (Å²) in [4.78, 5) is 24.6. The highest BCUT2D eigenvalue weighted by atomic mass is 16.6. The van der Waals surface area contributed by atoms with E-state index in [1.807, 2.05) is 43.3 Å². The molecule has 1 N–H and O–H groups in total. The van der Waals surface area contributed by atoms with Gasteiger partial charge in [0.25, 0.3) is 5.91 Å². The van der Waals surface area contributed by atoms with Gasteiger partial charge >= 0.3 is 5.97 Å². The van der Waals surface area contributed by atoms with Crippen molar-refractivity contribution in [3.63, 3.8) is 0 Å². The third-order valence-electron chi connectivity index (χ3n) is 4.44. The van der Waals surface area contributed by atoms with E-state index in [0.717, 1.165) is 5.56 Å². The second-order valence-electron chi connectivity index (χ2n) is 6.55. The van der Waals surface area contributed by atoms with E-state index in [1.165, 1.54) is 31.6 Å². The van der Waals surface area contributed by atoms with Crippen molar-refractivity contribution in [1.29, 1.82) is 5.26 Å². The van der Waals surface area contributed by atoms with E-state index in [1.54, 1.807) is 18.2 Å². The number of rotatable bonds is 7. The summed E-state index contributed by atoms with van der Waals surface area (Å²) in [6, 6.07) is 18.9. The molecule has 1 aromatic heterocycles. The number of nitrogens with zero attached hydrogens (tertiary/aromatic N) is 1. The molecule has 3 aromatic rings. The van der Waals surface area contributed by atoms with Crippen molar-refractivity contribution >= 4 is 18.0 Å². The van der Waals surface area contributed by atoms with Gasteiger partial charge in [0.15, 0.2) is 11.5 Å². The van der Waals surface area contributed by atoms with E-state index in [9.17, 15) is 14.9 Å². The Morgan fingerprint density at radius 3 is 2.52 bits per heavy atom. The first-order chi connectivity index (χ1) is 15.0. The van der Waals surface area contributed by atoms with Gasteiger partial charge < -0.3 is 19.2 Å². The minimum absolute atomic E-state index is 0.0574. The van der Waals surface area contributed by atoms with Gasteiger partial charge in [0.1, 0.15) is 11.6 Å². The lowest BCUT2D eigenvalue weighted by Gasteiger charge is -2.14. The van der Waals surface area contributed by atoms with Gasteiger partial charge in [-0.1, -0.05) is 36.4 Å². The largest absolute Gasteiger partial charge is 0.493 e. The summed E-state index contributed by atoms with van der Waals surface area (Å²) in [7, 11) is 1.42. The van der Waals surface area contributed by atoms with Gasteiger partial charge in [-0.25, -0.2) is 4.79 Å². The number of carbonyl (C=O) groups excluding carboxylic acids is 2. The maximum absolute atomic E-state index is 12.5. The second-order valence-corrected chi connectivity index (χ2v) is 6.55. The lowest BCUT2D eigenvalue weighted by molar-refractivity contribution is -0.117. The second kappa shape index (κ2) is 9.94. The third-order valence-corrected chi connectivity index (χ3v) is 4.44. The lowest BCUT2D eigenvalue weighted by Crippen LogP contribution is -2.27. The predicted molar refractivity (Wildman–Crippen MR) is 113 cm³/mol. The highest BCUT2D eigenvalue weighted by Crippen LogP contribution is 2.30. The van der Waals surface area contributed by atoms with E-state index < -0.39 is 11.9 Å². The topological polar surface area (TPSA) is 102 Å². The van der Waals surface area contributed by atoms with Crippen LogP contribution in [-0.2, 0) is 4.79 Å². The highest BCUT2D eigenvalue weighted by Gasteiger charge is 2.17. The van der Waals surface area contributed by atoms with Crippen molar-refractivity contribution in [1.82, 2.24) is 5.32 Å². The van der Waals surface area contributed by atoms with Crippen LogP contribution in [0.1, 0.15) is 34.6 Å². The average molecular weight is 416 g/mol. The molecule has 0 saturated carbocycles. The first-order valence-corrected chi connectivity index (χ1v) is 9.43. The molecule has 1 heterocycles. The van der Waals surface area contributed by atoms with Crippen LogP contribution in [0.2, 0.25) is 0 Å². The van der Waals surface area contributed by atoms with Gasteiger partial charge in [0.2, 0.25) is 5.76 Å². The molecule has 3 rings (SSSR count). The Morgan fingerprint density at radius 1 is 1.10 bits per heavy atom. The van der Waals surface area contributed by atoms with Crippen molar-refractivity contribution in [2.24, 2.45) is 0 Å². The minimum Gasteiger partial charge on any atom is -0.493 e. The molecule has 7 nitrogen and oxygen atoms in total. The van der Waals surface area contributed by atoms with Crippen LogP contribution in [0.25, 0.3) is 6.08 Å².